The van der Waals surface area contributed by atoms with Gasteiger partial charge in [-0.25, -0.2) is 9.78 Å². The molecule has 7 heteroatoms. The first-order valence-corrected chi connectivity index (χ1v) is 13.1. The van der Waals surface area contributed by atoms with Gasteiger partial charge in [0.15, 0.2) is 0 Å². The topological polar surface area (TPSA) is 86.7 Å². The molecule has 0 bridgehead atoms. The Kier molecular flexibility index (Phi) is 6.73. The van der Waals surface area contributed by atoms with E-state index in [0.717, 1.165) is 85.9 Å². The second kappa shape index (κ2) is 9.78. The zero-order valence-electron chi connectivity index (χ0n) is 21.1. The summed E-state index contributed by atoms with van der Waals surface area (Å²) in [6.45, 7) is 9.51. The first-order valence-electron chi connectivity index (χ1n) is 13.1. The average Bonchev–Trinajstić information content (AvgIpc) is 3.43. The molecule has 1 saturated carbocycles. The molecule has 0 radical (unpaired) electrons. The molecule has 35 heavy (non-hydrogen) atoms. The third-order valence-corrected chi connectivity index (χ3v) is 8.20. The minimum Gasteiger partial charge on any atom is -0.394 e. The Hall–Kier alpha value is -2.64. The maximum absolute atomic E-state index is 12.9. The first-order chi connectivity index (χ1) is 16.9. The lowest BCUT2D eigenvalue weighted by Gasteiger charge is -2.24. The number of nitrogens with zero attached hydrogens (tertiary/aromatic N) is 2. The Morgan fingerprint density at radius 1 is 1.34 bits per heavy atom. The van der Waals surface area contributed by atoms with E-state index in [9.17, 15) is 9.90 Å². The van der Waals surface area contributed by atoms with E-state index < -0.39 is 0 Å². The normalized spacial score (nSPS) is 26.2. The van der Waals surface area contributed by atoms with Crippen molar-refractivity contribution >= 4 is 17.5 Å². The third-order valence-electron chi connectivity index (χ3n) is 8.20. The van der Waals surface area contributed by atoms with Crippen molar-refractivity contribution in [3.8, 4) is 11.1 Å². The fourth-order valence-electron chi connectivity index (χ4n) is 5.70. The van der Waals surface area contributed by atoms with Crippen LogP contribution in [0.15, 0.2) is 30.3 Å². The van der Waals surface area contributed by atoms with Gasteiger partial charge in [0.2, 0.25) is 0 Å². The molecule has 7 nitrogen and oxygen atoms in total. The number of rotatable bonds is 7. The van der Waals surface area contributed by atoms with Crippen LogP contribution in [0.2, 0.25) is 0 Å². The molecule has 188 valence electrons. The standard InChI is InChI=1S/C28H38N4O3/c1-4-20-7-9-32(15-20)27(34)30-23-6-5-18(2)24(13-23)21-11-25(28-8-10-35-17-22(28)14-28)31-26(12-21)29-19(3)16-33/h5-6,11-13,19-20,22,33H,4,7-10,14-17H2,1-3H3,(H,29,31)(H,30,34)/t19-,20-,22?,28?/m1/s1. The molecule has 3 N–H and O–H groups in total. The van der Waals surface area contributed by atoms with E-state index in [1.165, 1.54) is 0 Å². The summed E-state index contributed by atoms with van der Waals surface area (Å²) in [5.74, 6) is 1.91. The Morgan fingerprint density at radius 3 is 2.94 bits per heavy atom. The zero-order chi connectivity index (χ0) is 24.6. The van der Waals surface area contributed by atoms with Gasteiger partial charge in [-0.15, -0.1) is 0 Å². The fourth-order valence-corrected chi connectivity index (χ4v) is 5.70. The van der Waals surface area contributed by atoms with E-state index in [0.29, 0.717) is 11.8 Å². The van der Waals surface area contributed by atoms with E-state index in [-0.39, 0.29) is 24.1 Å². The lowest BCUT2D eigenvalue weighted by Crippen LogP contribution is -2.32. The molecule has 3 aliphatic rings. The molecule has 1 aromatic carbocycles. The number of hydrogen-bond donors (Lipinski definition) is 3. The van der Waals surface area contributed by atoms with Gasteiger partial charge >= 0.3 is 6.03 Å². The number of hydrogen-bond acceptors (Lipinski definition) is 5. The van der Waals surface area contributed by atoms with Crippen molar-refractivity contribution in [1.29, 1.82) is 0 Å². The molecular weight excluding hydrogens is 440 g/mol. The number of pyridine rings is 1. The molecular formula is C28H38N4O3. The van der Waals surface area contributed by atoms with Crippen molar-refractivity contribution in [2.75, 3.05) is 43.5 Å². The highest BCUT2D eigenvalue weighted by molar-refractivity contribution is 5.90. The monoisotopic (exact) mass is 478 g/mol. The number of ether oxygens (including phenoxy) is 1. The number of aliphatic hydroxyl groups is 1. The molecule has 2 aromatic rings. The number of anilines is 2. The van der Waals surface area contributed by atoms with Gasteiger partial charge in [0.25, 0.3) is 0 Å². The lowest BCUT2D eigenvalue weighted by molar-refractivity contribution is 0.0795. The molecule has 2 unspecified atom stereocenters. The SMILES string of the molecule is CC[C@@H]1CCN(C(=O)Nc2ccc(C)c(-c3cc(N[C@H](C)CO)nc(C45CCOCC4C5)c3)c2)C1. The predicted octanol–water partition coefficient (Wildman–Crippen LogP) is 4.79. The van der Waals surface area contributed by atoms with Crippen LogP contribution in [0.4, 0.5) is 16.3 Å². The van der Waals surface area contributed by atoms with Gasteiger partial charge in [0.05, 0.1) is 18.9 Å². The second-order valence-corrected chi connectivity index (χ2v) is 10.7. The minimum atomic E-state index is -0.0908. The summed E-state index contributed by atoms with van der Waals surface area (Å²) in [4.78, 5) is 19.8. The van der Waals surface area contributed by atoms with Gasteiger partial charge < -0.3 is 25.4 Å². The van der Waals surface area contributed by atoms with Gasteiger partial charge in [-0.05, 0) is 85.9 Å². The minimum absolute atomic E-state index is 0.0211. The Morgan fingerprint density at radius 2 is 2.20 bits per heavy atom. The highest BCUT2D eigenvalue weighted by Gasteiger charge is 2.57. The Labute approximate surface area is 208 Å². The number of carbonyl (C=O) groups is 1. The molecule has 2 aliphatic heterocycles. The summed E-state index contributed by atoms with van der Waals surface area (Å²) in [6.07, 6.45) is 4.30. The summed E-state index contributed by atoms with van der Waals surface area (Å²) in [5.41, 5.74) is 5.31. The van der Waals surface area contributed by atoms with Crippen molar-refractivity contribution < 1.29 is 14.6 Å². The number of aliphatic hydroxyl groups excluding tert-OH is 1. The molecule has 3 fully saturated rings. The van der Waals surface area contributed by atoms with Gasteiger partial charge in [-0.1, -0.05) is 19.4 Å². The summed E-state index contributed by atoms with van der Waals surface area (Å²) >= 11 is 0. The Balaban J connectivity index is 1.45. The summed E-state index contributed by atoms with van der Waals surface area (Å²) < 4.78 is 5.70. The molecule has 3 heterocycles. The maximum atomic E-state index is 12.9. The summed E-state index contributed by atoms with van der Waals surface area (Å²) in [7, 11) is 0. The van der Waals surface area contributed by atoms with Crippen LogP contribution < -0.4 is 10.6 Å². The van der Waals surface area contributed by atoms with Crippen molar-refractivity contribution in [1.82, 2.24) is 9.88 Å². The number of nitrogens with one attached hydrogen (secondary N) is 2. The molecule has 2 amide bonds. The highest BCUT2D eigenvalue weighted by Crippen LogP contribution is 2.58. The van der Waals surface area contributed by atoms with Crippen LogP contribution in [-0.2, 0) is 10.2 Å². The molecule has 5 rings (SSSR count). The van der Waals surface area contributed by atoms with Crippen LogP contribution in [0, 0.1) is 18.8 Å². The molecule has 0 spiro atoms. The van der Waals surface area contributed by atoms with Gasteiger partial charge in [0.1, 0.15) is 5.82 Å². The van der Waals surface area contributed by atoms with Crippen molar-refractivity contribution in [3.05, 3.63) is 41.6 Å². The second-order valence-electron chi connectivity index (χ2n) is 10.7. The number of aromatic nitrogens is 1. The number of likely N-dealkylation sites (tertiary alicyclic amines) is 1. The van der Waals surface area contributed by atoms with E-state index >= 15 is 0 Å². The number of fused-ring (bicyclic) bond motifs is 1. The number of benzene rings is 1. The molecule has 1 aromatic heterocycles. The van der Waals surface area contributed by atoms with Crippen LogP contribution >= 0.6 is 0 Å². The quantitative estimate of drug-likeness (QED) is 0.533. The van der Waals surface area contributed by atoms with Crippen LogP contribution in [0.1, 0.15) is 50.8 Å². The van der Waals surface area contributed by atoms with E-state index in [1.807, 2.05) is 17.9 Å². The molecule has 1 aliphatic carbocycles. The number of carbonyl (C=O) groups excluding carboxylic acids is 1. The lowest BCUT2D eigenvalue weighted by atomic mass is 9.90. The molecule has 4 atom stereocenters. The van der Waals surface area contributed by atoms with Crippen LogP contribution in [0.25, 0.3) is 11.1 Å². The van der Waals surface area contributed by atoms with Gasteiger partial charge in [0, 0.05) is 36.8 Å². The average molecular weight is 479 g/mol. The van der Waals surface area contributed by atoms with Crippen LogP contribution in [0.3, 0.4) is 0 Å². The zero-order valence-corrected chi connectivity index (χ0v) is 21.1. The largest absolute Gasteiger partial charge is 0.394 e. The van der Waals surface area contributed by atoms with E-state index in [1.54, 1.807) is 0 Å². The number of aryl methyl sites for hydroxylation is 1. The van der Waals surface area contributed by atoms with Gasteiger partial charge in [-0.3, -0.25) is 0 Å². The first kappa shape index (κ1) is 24.1. The predicted molar refractivity (Wildman–Crippen MR) is 139 cm³/mol. The maximum Gasteiger partial charge on any atom is 0.321 e. The highest BCUT2D eigenvalue weighted by atomic mass is 16.5. The fraction of sp³-hybridized carbons (Fsp3) is 0.571. The third kappa shape index (κ3) is 4.89. The molecule has 2 saturated heterocycles. The van der Waals surface area contributed by atoms with Crippen molar-refractivity contribution in [2.45, 2.75) is 57.9 Å². The smallest absolute Gasteiger partial charge is 0.321 e. The number of urea groups is 1. The van der Waals surface area contributed by atoms with E-state index in [4.69, 9.17) is 9.72 Å². The van der Waals surface area contributed by atoms with Crippen molar-refractivity contribution in [3.63, 3.8) is 0 Å². The summed E-state index contributed by atoms with van der Waals surface area (Å²) in [6, 6.07) is 10.3. The summed E-state index contributed by atoms with van der Waals surface area (Å²) in [5, 5.41) is 16.1. The Bertz CT molecular complexity index is 1090. The van der Waals surface area contributed by atoms with Crippen LogP contribution in [-0.4, -0.2) is 60.0 Å². The number of amides is 2. The van der Waals surface area contributed by atoms with E-state index in [2.05, 4.69) is 48.7 Å². The van der Waals surface area contributed by atoms with Crippen molar-refractivity contribution in [2.24, 2.45) is 11.8 Å². The van der Waals surface area contributed by atoms with Gasteiger partial charge in [-0.2, -0.15) is 0 Å². The van der Waals surface area contributed by atoms with Crippen LogP contribution in [0.5, 0.6) is 0 Å².